The molecule has 0 N–H and O–H groups in total. The smallest absolute Gasteiger partial charge is 0.332 e. The Kier molecular flexibility index (Phi) is 4.01. The number of rotatable bonds is 3. The van der Waals surface area contributed by atoms with Crippen molar-refractivity contribution in [1.82, 2.24) is 4.98 Å². The third-order valence-corrected chi connectivity index (χ3v) is 3.20. The lowest BCUT2D eigenvalue weighted by molar-refractivity contribution is -0.386. The van der Waals surface area contributed by atoms with E-state index in [9.17, 15) is 10.1 Å². The topological polar surface area (TPSA) is 65.3 Å². The zero-order valence-corrected chi connectivity index (χ0v) is 12.1. The van der Waals surface area contributed by atoms with Gasteiger partial charge < -0.3 is 4.74 Å². The van der Waals surface area contributed by atoms with Gasteiger partial charge in [0.15, 0.2) is 0 Å². The summed E-state index contributed by atoms with van der Waals surface area (Å²) in [6.45, 7) is 1.82. The fraction of sp³-hybridized carbons (Fsp3) is 0.0833. The first kappa shape index (κ1) is 13.8. The molecule has 0 unspecified atom stereocenters. The minimum atomic E-state index is -0.546. The summed E-state index contributed by atoms with van der Waals surface area (Å²) < 4.78 is 5.94. The standard InChI is InChI=1S/C12H8BrClN2O3/c1-7-4-9(2-3-10(7)14)19-12-11(16(17)18)5-8(13)6-15-12/h2-6H,1H3. The van der Waals surface area contributed by atoms with Crippen molar-refractivity contribution in [1.29, 1.82) is 0 Å². The third kappa shape index (κ3) is 3.21. The maximum atomic E-state index is 10.9. The average molecular weight is 344 g/mol. The van der Waals surface area contributed by atoms with Crippen molar-refractivity contribution in [3.05, 3.63) is 55.6 Å². The van der Waals surface area contributed by atoms with Crippen molar-refractivity contribution < 1.29 is 9.66 Å². The van der Waals surface area contributed by atoms with Crippen LogP contribution in [0.2, 0.25) is 5.02 Å². The molecular formula is C12H8BrClN2O3. The molecule has 2 aromatic rings. The van der Waals surface area contributed by atoms with E-state index < -0.39 is 4.92 Å². The van der Waals surface area contributed by atoms with Crippen molar-refractivity contribution >= 4 is 33.2 Å². The molecule has 0 spiro atoms. The highest BCUT2D eigenvalue weighted by Crippen LogP contribution is 2.32. The van der Waals surface area contributed by atoms with E-state index in [0.717, 1.165) is 5.56 Å². The van der Waals surface area contributed by atoms with Crippen LogP contribution in [0.1, 0.15) is 5.56 Å². The molecule has 1 heterocycles. The van der Waals surface area contributed by atoms with Gasteiger partial charge in [-0.2, -0.15) is 0 Å². The number of benzene rings is 1. The van der Waals surface area contributed by atoms with Crippen LogP contribution in [-0.2, 0) is 0 Å². The number of halogens is 2. The van der Waals surface area contributed by atoms with Crippen LogP contribution in [0.15, 0.2) is 34.9 Å². The Labute approximate surface area is 122 Å². The van der Waals surface area contributed by atoms with Crippen molar-refractivity contribution in [2.75, 3.05) is 0 Å². The summed E-state index contributed by atoms with van der Waals surface area (Å²) in [5.74, 6) is 0.384. The third-order valence-electron chi connectivity index (χ3n) is 2.34. The number of nitrogens with zero attached hydrogens (tertiary/aromatic N) is 2. The van der Waals surface area contributed by atoms with Crippen LogP contribution in [-0.4, -0.2) is 9.91 Å². The summed E-state index contributed by atoms with van der Waals surface area (Å²) >= 11 is 9.03. The Morgan fingerprint density at radius 1 is 1.42 bits per heavy atom. The predicted octanol–water partition coefficient (Wildman–Crippen LogP) is 4.51. The molecule has 98 valence electrons. The van der Waals surface area contributed by atoms with Crippen LogP contribution < -0.4 is 4.74 Å². The number of nitro groups is 1. The minimum absolute atomic E-state index is 0.0603. The van der Waals surface area contributed by atoms with Gasteiger partial charge in [-0.15, -0.1) is 0 Å². The average Bonchev–Trinajstić information content (AvgIpc) is 2.36. The zero-order chi connectivity index (χ0) is 14.0. The first-order valence-electron chi connectivity index (χ1n) is 5.21. The zero-order valence-electron chi connectivity index (χ0n) is 9.76. The van der Waals surface area contributed by atoms with Gasteiger partial charge in [0.05, 0.1) is 4.92 Å². The highest BCUT2D eigenvalue weighted by atomic mass is 79.9. The van der Waals surface area contributed by atoms with E-state index >= 15 is 0 Å². The lowest BCUT2D eigenvalue weighted by Gasteiger charge is -2.06. The van der Waals surface area contributed by atoms with Crippen molar-refractivity contribution in [2.45, 2.75) is 6.92 Å². The minimum Gasteiger partial charge on any atom is -0.434 e. The summed E-state index contributed by atoms with van der Waals surface area (Å²) in [6.07, 6.45) is 1.44. The molecule has 0 saturated carbocycles. The summed E-state index contributed by atoms with van der Waals surface area (Å²) in [6, 6.07) is 6.32. The Hall–Kier alpha value is -1.66. The van der Waals surface area contributed by atoms with Crippen LogP contribution in [0.5, 0.6) is 11.6 Å². The number of hydrogen-bond donors (Lipinski definition) is 0. The fourth-order valence-electron chi connectivity index (χ4n) is 1.42. The molecule has 0 saturated heterocycles. The summed E-state index contributed by atoms with van der Waals surface area (Å²) in [5, 5.41) is 11.5. The van der Waals surface area contributed by atoms with E-state index in [0.29, 0.717) is 15.2 Å². The highest BCUT2D eigenvalue weighted by molar-refractivity contribution is 9.10. The largest absolute Gasteiger partial charge is 0.434 e. The normalized spacial score (nSPS) is 10.3. The Balaban J connectivity index is 2.37. The van der Waals surface area contributed by atoms with Crippen LogP contribution in [0.3, 0.4) is 0 Å². The summed E-state index contributed by atoms with van der Waals surface area (Å²) in [4.78, 5) is 14.3. The first-order chi connectivity index (χ1) is 8.97. The second-order valence-electron chi connectivity index (χ2n) is 3.75. The summed E-state index contributed by atoms with van der Waals surface area (Å²) in [5.41, 5.74) is 0.612. The van der Waals surface area contributed by atoms with E-state index in [-0.39, 0.29) is 11.6 Å². The van der Waals surface area contributed by atoms with Crippen LogP contribution >= 0.6 is 27.5 Å². The fourth-order valence-corrected chi connectivity index (χ4v) is 1.85. The molecule has 0 aliphatic heterocycles. The van der Waals surface area contributed by atoms with Crippen molar-refractivity contribution in [2.24, 2.45) is 0 Å². The van der Waals surface area contributed by atoms with Gasteiger partial charge in [-0.25, -0.2) is 4.98 Å². The van der Waals surface area contributed by atoms with Gasteiger partial charge in [0.2, 0.25) is 0 Å². The van der Waals surface area contributed by atoms with Gasteiger partial charge in [0, 0.05) is 21.8 Å². The van der Waals surface area contributed by atoms with Crippen LogP contribution in [0.4, 0.5) is 5.69 Å². The van der Waals surface area contributed by atoms with E-state index in [1.165, 1.54) is 12.3 Å². The number of aromatic nitrogens is 1. The SMILES string of the molecule is Cc1cc(Oc2ncc(Br)cc2[N+](=O)[O-])ccc1Cl. The first-order valence-corrected chi connectivity index (χ1v) is 6.38. The highest BCUT2D eigenvalue weighted by Gasteiger charge is 2.18. The molecule has 5 nitrogen and oxygen atoms in total. The molecule has 0 atom stereocenters. The van der Waals surface area contributed by atoms with E-state index in [1.54, 1.807) is 18.2 Å². The Bertz CT molecular complexity index is 649. The van der Waals surface area contributed by atoms with Crippen molar-refractivity contribution in [3.8, 4) is 11.6 Å². The molecule has 0 bridgehead atoms. The Morgan fingerprint density at radius 3 is 2.79 bits per heavy atom. The maximum absolute atomic E-state index is 10.9. The number of hydrogen-bond acceptors (Lipinski definition) is 4. The van der Waals surface area contributed by atoms with Gasteiger partial charge in [-0.3, -0.25) is 10.1 Å². The van der Waals surface area contributed by atoms with Crippen LogP contribution in [0, 0.1) is 17.0 Å². The van der Waals surface area contributed by atoms with Crippen molar-refractivity contribution in [3.63, 3.8) is 0 Å². The molecule has 0 aliphatic rings. The number of pyridine rings is 1. The van der Waals surface area contributed by atoms with E-state index in [4.69, 9.17) is 16.3 Å². The van der Waals surface area contributed by atoms with E-state index in [1.807, 2.05) is 6.92 Å². The Morgan fingerprint density at radius 2 is 2.16 bits per heavy atom. The molecule has 7 heteroatoms. The number of ether oxygens (including phenoxy) is 1. The molecule has 1 aromatic carbocycles. The second-order valence-corrected chi connectivity index (χ2v) is 5.07. The predicted molar refractivity (Wildman–Crippen MR) is 74.9 cm³/mol. The molecular weight excluding hydrogens is 336 g/mol. The molecule has 2 rings (SSSR count). The molecule has 19 heavy (non-hydrogen) atoms. The molecule has 0 aliphatic carbocycles. The maximum Gasteiger partial charge on any atom is 0.332 e. The summed E-state index contributed by atoms with van der Waals surface area (Å²) in [7, 11) is 0. The van der Waals surface area contributed by atoms with Gasteiger partial charge >= 0.3 is 5.69 Å². The quantitative estimate of drug-likeness (QED) is 0.607. The van der Waals surface area contributed by atoms with Crippen LogP contribution in [0.25, 0.3) is 0 Å². The molecule has 0 fully saturated rings. The monoisotopic (exact) mass is 342 g/mol. The van der Waals surface area contributed by atoms with Gasteiger partial charge in [-0.1, -0.05) is 11.6 Å². The van der Waals surface area contributed by atoms with Gasteiger partial charge in [0.1, 0.15) is 5.75 Å². The lowest BCUT2D eigenvalue weighted by Crippen LogP contribution is -1.96. The van der Waals surface area contributed by atoms with Gasteiger partial charge in [0.25, 0.3) is 5.88 Å². The molecule has 0 amide bonds. The molecule has 0 radical (unpaired) electrons. The van der Waals surface area contributed by atoms with Gasteiger partial charge in [-0.05, 0) is 46.6 Å². The number of aryl methyl sites for hydroxylation is 1. The lowest BCUT2D eigenvalue weighted by atomic mass is 10.2. The molecule has 1 aromatic heterocycles. The van der Waals surface area contributed by atoms with E-state index in [2.05, 4.69) is 20.9 Å². The second kappa shape index (κ2) is 5.54.